The lowest BCUT2D eigenvalue weighted by Crippen LogP contribution is -2.54. The Balaban J connectivity index is 1.83. The van der Waals surface area contributed by atoms with Gasteiger partial charge in [-0.3, -0.25) is 14.3 Å². The molecule has 0 bridgehead atoms. The summed E-state index contributed by atoms with van der Waals surface area (Å²) in [7, 11) is 0. The Bertz CT molecular complexity index is 957. The summed E-state index contributed by atoms with van der Waals surface area (Å²) >= 11 is 0. The molecule has 1 aromatic carbocycles. The van der Waals surface area contributed by atoms with Gasteiger partial charge in [0.25, 0.3) is 5.91 Å². The zero-order valence-electron chi connectivity index (χ0n) is 19.0. The van der Waals surface area contributed by atoms with E-state index in [1.165, 1.54) is 0 Å². The predicted octanol–water partition coefficient (Wildman–Crippen LogP) is 3.08. The molecule has 0 radical (unpaired) electrons. The molecule has 9 heteroatoms. The number of para-hydroxylation sites is 1. The summed E-state index contributed by atoms with van der Waals surface area (Å²) in [5.74, 6) is -3.25. The fourth-order valence-corrected chi connectivity index (χ4v) is 4.13. The van der Waals surface area contributed by atoms with Crippen LogP contribution in [0.3, 0.4) is 0 Å². The average molecular weight is 450 g/mol. The largest absolute Gasteiger partial charge is 0.353 e. The molecule has 1 unspecified atom stereocenters. The maximum atomic E-state index is 13.5. The van der Waals surface area contributed by atoms with Crippen molar-refractivity contribution in [2.75, 3.05) is 13.1 Å². The van der Waals surface area contributed by atoms with Crippen molar-refractivity contribution in [2.45, 2.75) is 65.0 Å². The minimum atomic E-state index is -2.58. The van der Waals surface area contributed by atoms with Gasteiger partial charge < -0.3 is 16.4 Å². The van der Waals surface area contributed by atoms with Crippen molar-refractivity contribution in [3.05, 3.63) is 30.0 Å². The first-order valence-corrected chi connectivity index (χ1v) is 11.1. The molecule has 1 fully saturated rings. The van der Waals surface area contributed by atoms with Crippen LogP contribution in [-0.2, 0) is 11.3 Å². The van der Waals surface area contributed by atoms with Crippen molar-refractivity contribution in [2.24, 2.45) is 17.1 Å². The van der Waals surface area contributed by atoms with Crippen LogP contribution < -0.4 is 16.4 Å². The van der Waals surface area contributed by atoms with Gasteiger partial charge in [0.2, 0.25) is 11.8 Å². The number of alkyl halides is 2. The van der Waals surface area contributed by atoms with Crippen LogP contribution in [0.1, 0.15) is 56.9 Å². The standard InChI is InChI=1S/C23H33F2N5O2/c1-22(2,3)19(21(32)27-13-12-26)28-20(31)18-16-6-4-5-7-17(16)30(29-18)14-15-8-10-23(24,25)11-9-15/h4-7,15,19H,8-14,26H2,1-3H3,(H,27,32)(H,28,31). The molecule has 1 aromatic heterocycles. The van der Waals surface area contributed by atoms with Crippen LogP contribution in [0.5, 0.6) is 0 Å². The highest BCUT2D eigenvalue weighted by atomic mass is 19.3. The molecule has 176 valence electrons. The predicted molar refractivity (Wildman–Crippen MR) is 119 cm³/mol. The number of amides is 2. The number of fused-ring (bicyclic) bond motifs is 1. The van der Waals surface area contributed by atoms with E-state index in [0.29, 0.717) is 37.9 Å². The van der Waals surface area contributed by atoms with Crippen LogP contribution in [-0.4, -0.2) is 46.6 Å². The number of halogens is 2. The third kappa shape index (κ3) is 5.62. The van der Waals surface area contributed by atoms with Crippen LogP contribution in [0.15, 0.2) is 24.3 Å². The minimum Gasteiger partial charge on any atom is -0.353 e. The van der Waals surface area contributed by atoms with Gasteiger partial charge >= 0.3 is 0 Å². The molecule has 0 saturated heterocycles. The highest BCUT2D eigenvalue weighted by Gasteiger charge is 2.36. The van der Waals surface area contributed by atoms with Crippen LogP contribution in [0.4, 0.5) is 8.78 Å². The third-order valence-electron chi connectivity index (χ3n) is 5.99. The monoisotopic (exact) mass is 449 g/mol. The number of carbonyl (C=O) groups excluding carboxylic acids is 2. The minimum absolute atomic E-state index is 0.0817. The fraction of sp³-hybridized carbons (Fsp3) is 0.609. The summed E-state index contributed by atoms with van der Waals surface area (Å²) in [4.78, 5) is 25.8. The van der Waals surface area contributed by atoms with Gasteiger partial charge in [0.05, 0.1) is 5.52 Å². The number of rotatable bonds is 7. The van der Waals surface area contributed by atoms with Crippen molar-refractivity contribution in [1.29, 1.82) is 0 Å². The second-order valence-corrected chi connectivity index (χ2v) is 9.70. The number of nitrogens with zero attached hydrogens (tertiary/aromatic N) is 2. The molecule has 1 heterocycles. The Labute approximate surface area is 187 Å². The van der Waals surface area contributed by atoms with Gasteiger partial charge in [0.15, 0.2) is 5.69 Å². The highest BCUT2D eigenvalue weighted by Crippen LogP contribution is 2.37. The first-order chi connectivity index (χ1) is 15.0. The molecule has 1 aliphatic carbocycles. The first-order valence-electron chi connectivity index (χ1n) is 11.1. The van der Waals surface area contributed by atoms with Gasteiger partial charge in [-0.15, -0.1) is 0 Å². The van der Waals surface area contributed by atoms with E-state index in [1.54, 1.807) is 4.68 Å². The summed E-state index contributed by atoms with van der Waals surface area (Å²) in [6.45, 7) is 6.71. The van der Waals surface area contributed by atoms with Crippen LogP contribution >= 0.6 is 0 Å². The van der Waals surface area contributed by atoms with Gasteiger partial charge in [-0.05, 0) is 30.2 Å². The second-order valence-electron chi connectivity index (χ2n) is 9.70. The van der Waals surface area contributed by atoms with Gasteiger partial charge in [-0.2, -0.15) is 5.10 Å². The van der Waals surface area contributed by atoms with Gasteiger partial charge in [0.1, 0.15) is 6.04 Å². The zero-order valence-corrected chi connectivity index (χ0v) is 19.0. The molecule has 0 spiro atoms. The summed E-state index contributed by atoms with van der Waals surface area (Å²) in [6.07, 6.45) is 0.622. The molecule has 1 saturated carbocycles. The van der Waals surface area contributed by atoms with Crippen LogP contribution in [0.25, 0.3) is 10.9 Å². The smallest absolute Gasteiger partial charge is 0.273 e. The van der Waals surface area contributed by atoms with E-state index in [4.69, 9.17) is 5.73 Å². The number of benzene rings is 1. The maximum absolute atomic E-state index is 13.5. The molecular weight excluding hydrogens is 416 g/mol. The lowest BCUT2D eigenvalue weighted by molar-refractivity contribution is -0.125. The van der Waals surface area contributed by atoms with Crippen molar-refractivity contribution in [1.82, 2.24) is 20.4 Å². The number of aromatic nitrogens is 2. The van der Waals surface area contributed by atoms with E-state index in [-0.39, 0.29) is 30.4 Å². The Kier molecular flexibility index (Phi) is 7.17. The Morgan fingerprint density at radius 2 is 1.91 bits per heavy atom. The molecule has 32 heavy (non-hydrogen) atoms. The van der Waals surface area contributed by atoms with E-state index in [9.17, 15) is 18.4 Å². The van der Waals surface area contributed by atoms with E-state index < -0.39 is 23.3 Å². The molecule has 3 rings (SSSR count). The number of hydrogen-bond donors (Lipinski definition) is 3. The number of hydrogen-bond acceptors (Lipinski definition) is 4. The lowest BCUT2D eigenvalue weighted by Gasteiger charge is -2.30. The van der Waals surface area contributed by atoms with Gasteiger partial charge in [-0.25, -0.2) is 8.78 Å². The average Bonchev–Trinajstić information content (AvgIpc) is 3.09. The van der Waals surface area contributed by atoms with Crippen molar-refractivity contribution < 1.29 is 18.4 Å². The lowest BCUT2D eigenvalue weighted by atomic mass is 9.86. The van der Waals surface area contributed by atoms with Crippen LogP contribution in [0, 0.1) is 11.3 Å². The van der Waals surface area contributed by atoms with Crippen molar-refractivity contribution >= 4 is 22.7 Å². The Hall–Kier alpha value is -2.55. The summed E-state index contributed by atoms with van der Waals surface area (Å²) in [5, 5.41) is 10.8. The summed E-state index contributed by atoms with van der Waals surface area (Å²) in [5.41, 5.74) is 5.95. The molecule has 1 atom stereocenters. The topological polar surface area (TPSA) is 102 Å². The van der Waals surface area contributed by atoms with E-state index in [1.807, 2.05) is 45.0 Å². The molecule has 1 aliphatic rings. The first kappa shape index (κ1) is 24.1. The second kappa shape index (κ2) is 9.52. The SMILES string of the molecule is CC(C)(C)C(NC(=O)c1nn(CC2CCC(F)(F)CC2)c2ccccc12)C(=O)NCCN. The maximum Gasteiger partial charge on any atom is 0.273 e. The normalized spacial score (nSPS) is 17.8. The fourth-order valence-electron chi connectivity index (χ4n) is 4.13. The number of nitrogens with one attached hydrogen (secondary N) is 2. The number of nitrogens with two attached hydrogens (primary N) is 1. The molecule has 2 aromatic rings. The molecule has 0 aliphatic heterocycles. The third-order valence-corrected chi connectivity index (χ3v) is 5.99. The molecule has 2 amide bonds. The molecule has 7 nitrogen and oxygen atoms in total. The molecule has 4 N–H and O–H groups in total. The van der Waals surface area contributed by atoms with Crippen LogP contribution in [0.2, 0.25) is 0 Å². The number of carbonyl (C=O) groups is 2. The van der Waals surface area contributed by atoms with E-state index in [0.717, 1.165) is 5.52 Å². The summed E-state index contributed by atoms with van der Waals surface area (Å²) < 4.78 is 28.8. The van der Waals surface area contributed by atoms with E-state index in [2.05, 4.69) is 15.7 Å². The zero-order chi connectivity index (χ0) is 23.5. The van der Waals surface area contributed by atoms with Gasteiger partial charge in [0, 0.05) is 37.9 Å². The Morgan fingerprint density at radius 1 is 1.25 bits per heavy atom. The van der Waals surface area contributed by atoms with Crippen molar-refractivity contribution in [3.8, 4) is 0 Å². The quantitative estimate of drug-likeness (QED) is 0.605. The highest BCUT2D eigenvalue weighted by molar-refractivity contribution is 6.06. The molecular formula is C23H33F2N5O2. The van der Waals surface area contributed by atoms with Crippen molar-refractivity contribution in [3.63, 3.8) is 0 Å². The Morgan fingerprint density at radius 3 is 2.53 bits per heavy atom. The van der Waals surface area contributed by atoms with Gasteiger partial charge in [-0.1, -0.05) is 39.0 Å². The summed E-state index contributed by atoms with van der Waals surface area (Å²) in [6, 6.07) is 6.58. The van der Waals surface area contributed by atoms with E-state index >= 15 is 0 Å².